The number of nitrogens with zero attached hydrogens (tertiary/aromatic N) is 1. The second kappa shape index (κ2) is 9.05. The van der Waals surface area contributed by atoms with Crippen molar-refractivity contribution >= 4 is 35.3 Å². The number of hydrogen-bond donors (Lipinski definition) is 2. The van der Waals surface area contributed by atoms with E-state index in [4.69, 9.17) is 10.8 Å². The summed E-state index contributed by atoms with van der Waals surface area (Å²) in [6.45, 7) is 2.28. The van der Waals surface area contributed by atoms with Crippen LogP contribution in [-0.2, 0) is 24.0 Å². The highest BCUT2D eigenvalue weighted by atomic mass is 16.4. The Kier molecular flexibility index (Phi) is 7.41. The predicted molar refractivity (Wildman–Crippen MR) is 84.3 cm³/mol. The van der Waals surface area contributed by atoms with Gasteiger partial charge in [-0.15, -0.1) is 0 Å². The summed E-state index contributed by atoms with van der Waals surface area (Å²) in [5.41, 5.74) is 4.85. The van der Waals surface area contributed by atoms with E-state index in [0.717, 1.165) is 11.3 Å². The van der Waals surface area contributed by atoms with Crippen LogP contribution >= 0.6 is 0 Å². The third kappa shape index (κ3) is 5.47. The molecule has 3 amide bonds. The van der Waals surface area contributed by atoms with Gasteiger partial charge in [0.05, 0.1) is 5.92 Å². The van der Waals surface area contributed by atoms with Crippen molar-refractivity contribution in [2.24, 2.45) is 17.6 Å². The molecule has 0 unspecified atom stereocenters. The van der Waals surface area contributed by atoms with Crippen LogP contribution in [0.4, 0.5) is 4.79 Å². The van der Waals surface area contributed by atoms with Gasteiger partial charge in [-0.2, -0.15) is 0 Å². The fraction of sp³-hybridized carbons (Fsp3) is 0.625. The van der Waals surface area contributed by atoms with E-state index in [9.17, 15) is 28.8 Å². The standard InChI is InChI=1S/C11H14O5.C5H8N2O2/c1-2-3-7(12)10-8(13)4-6(11(15)16)5-9(10)14;6-5(9)7-3-1-2-4(7)8/h6,10H,2-5H2,1H3,(H,15,16);1-3H2,(H2,6,9). The van der Waals surface area contributed by atoms with Gasteiger partial charge in [0.1, 0.15) is 5.92 Å². The van der Waals surface area contributed by atoms with Gasteiger partial charge < -0.3 is 10.8 Å². The smallest absolute Gasteiger partial charge is 0.321 e. The number of urea groups is 1. The number of carboxylic acid groups (broad SMARTS) is 1. The molecule has 0 aromatic carbocycles. The van der Waals surface area contributed by atoms with Gasteiger partial charge in [0.25, 0.3) is 0 Å². The Hall–Kier alpha value is -2.58. The lowest BCUT2D eigenvalue weighted by molar-refractivity contribution is -0.152. The van der Waals surface area contributed by atoms with Gasteiger partial charge in [0.2, 0.25) is 5.91 Å². The number of aliphatic carboxylic acids is 1. The third-order valence-corrected chi connectivity index (χ3v) is 4.05. The van der Waals surface area contributed by atoms with Crippen LogP contribution in [0.1, 0.15) is 45.4 Å². The van der Waals surface area contributed by atoms with E-state index >= 15 is 0 Å². The molecule has 1 aliphatic carbocycles. The number of primary amides is 1. The van der Waals surface area contributed by atoms with Gasteiger partial charge in [-0.1, -0.05) is 6.92 Å². The fourth-order valence-corrected chi connectivity index (χ4v) is 2.78. The highest BCUT2D eigenvalue weighted by Gasteiger charge is 2.41. The van der Waals surface area contributed by atoms with Gasteiger partial charge >= 0.3 is 12.0 Å². The first-order chi connectivity index (χ1) is 11.7. The molecular weight excluding hydrogens is 332 g/mol. The number of carbonyl (C=O) groups is 6. The fourth-order valence-electron chi connectivity index (χ4n) is 2.78. The zero-order valence-corrected chi connectivity index (χ0v) is 14.0. The molecule has 0 aromatic heterocycles. The van der Waals surface area contributed by atoms with E-state index in [1.807, 2.05) is 0 Å². The van der Waals surface area contributed by atoms with Gasteiger partial charge in [-0.25, -0.2) is 4.79 Å². The Bertz CT molecular complexity index is 581. The van der Waals surface area contributed by atoms with E-state index in [0.29, 0.717) is 19.4 Å². The van der Waals surface area contributed by atoms with E-state index < -0.39 is 35.4 Å². The molecule has 9 heteroatoms. The first-order valence-corrected chi connectivity index (χ1v) is 8.09. The Morgan fingerprint density at radius 1 is 1.16 bits per heavy atom. The van der Waals surface area contributed by atoms with Crippen LogP contribution in [0.5, 0.6) is 0 Å². The number of imide groups is 1. The number of carboxylic acids is 1. The minimum atomic E-state index is -1.20. The lowest BCUT2D eigenvalue weighted by Crippen LogP contribution is -2.40. The quantitative estimate of drug-likeness (QED) is 0.688. The molecule has 3 N–H and O–H groups in total. The Morgan fingerprint density at radius 3 is 2.04 bits per heavy atom. The van der Waals surface area contributed by atoms with Crippen LogP contribution in [0.3, 0.4) is 0 Å². The van der Waals surface area contributed by atoms with E-state index in [1.165, 1.54) is 0 Å². The average molecular weight is 354 g/mol. The summed E-state index contributed by atoms with van der Waals surface area (Å²) in [4.78, 5) is 67.3. The summed E-state index contributed by atoms with van der Waals surface area (Å²) in [6.07, 6.45) is 1.57. The lowest BCUT2D eigenvalue weighted by atomic mass is 9.77. The number of nitrogens with two attached hydrogens (primary N) is 1. The van der Waals surface area contributed by atoms with Crippen molar-refractivity contribution in [1.82, 2.24) is 4.90 Å². The zero-order valence-electron chi connectivity index (χ0n) is 14.0. The van der Waals surface area contributed by atoms with Crippen LogP contribution in [0.25, 0.3) is 0 Å². The van der Waals surface area contributed by atoms with Crippen molar-refractivity contribution in [2.45, 2.75) is 45.4 Å². The Morgan fingerprint density at radius 2 is 1.72 bits per heavy atom. The van der Waals surface area contributed by atoms with E-state index in [1.54, 1.807) is 6.92 Å². The largest absolute Gasteiger partial charge is 0.481 e. The molecule has 0 spiro atoms. The topological polar surface area (TPSA) is 152 Å². The van der Waals surface area contributed by atoms with Gasteiger partial charge in [0, 0.05) is 32.2 Å². The molecule has 1 saturated heterocycles. The van der Waals surface area contributed by atoms with Crippen LogP contribution in [0.15, 0.2) is 0 Å². The van der Waals surface area contributed by atoms with Crippen LogP contribution in [0, 0.1) is 11.8 Å². The summed E-state index contributed by atoms with van der Waals surface area (Å²) >= 11 is 0. The molecule has 138 valence electrons. The number of ketones is 3. The third-order valence-electron chi connectivity index (χ3n) is 4.05. The predicted octanol–water partition coefficient (Wildman–Crippen LogP) is 0.292. The van der Waals surface area contributed by atoms with Crippen LogP contribution < -0.4 is 5.73 Å². The van der Waals surface area contributed by atoms with Crippen molar-refractivity contribution in [1.29, 1.82) is 0 Å². The maximum atomic E-state index is 11.5. The number of likely N-dealkylation sites (tertiary alicyclic amines) is 1. The van der Waals surface area contributed by atoms with Crippen LogP contribution in [-0.4, -0.2) is 51.8 Å². The Balaban J connectivity index is 0.000000293. The molecule has 2 fully saturated rings. The van der Waals surface area contributed by atoms with Crippen molar-refractivity contribution in [2.75, 3.05) is 6.54 Å². The van der Waals surface area contributed by atoms with Gasteiger partial charge in [0.15, 0.2) is 17.3 Å². The molecule has 9 nitrogen and oxygen atoms in total. The van der Waals surface area contributed by atoms with Crippen molar-refractivity contribution in [3.05, 3.63) is 0 Å². The van der Waals surface area contributed by atoms with Crippen molar-refractivity contribution in [3.63, 3.8) is 0 Å². The summed E-state index contributed by atoms with van der Waals surface area (Å²) < 4.78 is 0. The molecule has 0 radical (unpaired) electrons. The maximum absolute atomic E-state index is 11.5. The summed E-state index contributed by atoms with van der Waals surface area (Å²) in [7, 11) is 0. The second-order valence-electron chi connectivity index (χ2n) is 6.01. The number of Topliss-reactive ketones (excluding diaryl/α,β-unsaturated/α-hetero) is 3. The molecular formula is C16H22N2O7. The summed E-state index contributed by atoms with van der Waals surface area (Å²) in [5.74, 6) is -4.91. The minimum absolute atomic E-state index is 0.150. The van der Waals surface area contributed by atoms with Crippen molar-refractivity contribution < 1.29 is 33.9 Å². The zero-order chi connectivity index (χ0) is 19.1. The monoisotopic (exact) mass is 354 g/mol. The van der Waals surface area contributed by atoms with Crippen LogP contribution in [0.2, 0.25) is 0 Å². The highest BCUT2D eigenvalue weighted by molar-refractivity contribution is 6.21. The first-order valence-electron chi connectivity index (χ1n) is 8.09. The molecule has 2 rings (SSSR count). The SMILES string of the molecule is CCCC(=O)C1C(=O)CC(C(=O)O)CC1=O.NC(=O)N1CCCC1=O. The second-order valence-corrected chi connectivity index (χ2v) is 6.01. The van der Waals surface area contributed by atoms with E-state index in [2.05, 4.69) is 0 Å². The summed E-state index contributed by atoms with van der Waals surface area (Å²) in [5, 5.41) is 8.71. The molecule has 0 bridgehead atoms. The molecule has 25 heavy (non-hydrogen) atoms. The lowest BCUT2D eigenvalue weighted by Gasteiger charge is -2.22. The van der Waals surface area contributed by atoms with Crippen molar-refractivity contribution in [3.8, 4) is 0 Å². The van der Waals surface area contributed by atoms with E-state index in [-0.39, 0.29) is 31.0 Å². The molecule has 1 aliphatic heterocycles. The maximum Gasteiger partial charge on any atom is 0.321 e. The molecule has 0 aromatic rings. The molecule has 2 aliphatic rings. The number of hydrogen-bond acceptors (Lipinski definition) is 6. The normalized spacial score (nSPS) is 23.1. The number of carbonyl (C=O) groups excluding carboxylic acids is 5. The molecule has 0 atom stereocenters. The first kappa shape index (κ1) is 20.5. The number of amides is 3. The number of rotatable bonds is 4. The summed E-state index contributed by atoms with van der Waals surface area (Å²) in [6, 6.07) is -0.627. The highest BCUT2D eigenvalue weighted by Crippen LogP contribution is 2.25. The average Bonchev–Trinajstić information content (AvgIpc) is 2.93. The van der Waals surface area contributed by atoms with Gasteiger partial charge in [-0.05, 0) is 12.8 Å². The molecule has 1 heterocycles. The molecule has 1 saturated carbocycles. The minimum Gasteiger partial charge on any atom is -0.481 e. The van der Waals surface area contributed by atoms with Gasteiger partial charge in [-0.3, -0.25) is 28.9 Å². The Labute approximate surface area is 144 Å².